The van der Waals surface area contributed by atoms with Gasteiger partial charge in [0, 0.05) is 19.7 Å². The van der Waals surface area contributed by atoms with Gasteiger partial charge in [-0.05, 0) is 25.0 Å². The third-order valence-corrected chi connectivity index (χ3v) is 2.38. The molecule has 7 heteroatoms. The summed E-state index contributed by atoms with van der Waals surface area (Å²) in [5, 5.41) is 13.6. The Balaban J connectivity index is 2.01. The van der Waals surface area contributed by atoms with E-state index in [-0.39, 0.29) is 13.2 Å². The summed E-state index contributed by atoms with van der Waals surface area (Å²) in [6, 6.07) is 8.73. The molecule has 0 aliphatic heterocycles. The molecule has 1 aromatic carbocycles. The first-order valence-corrected chi connectivity index (χ1v) is 6.74. The maximum Gasteiger partial charge on any atom is 0.412 e. The Morgan fingerprint density at radius 1 is 1.00 bits per heavy atom. The molecule has 21 heavy (non-hydrogen) atoms. The van der Waals surface area contributed by atoms with Crippen molar-refractivity contribution >= 4 is 12.2 Å². The molecule has 0 spiro atoms. The molecule has 0 saturated heterocycles. The highest BCUT2D eigenvalue weighted by Crippen LogP contribution is 2.07. The minimum Gasteiger partial charge on any atom is -0.449 e. The number of amides is 2. The lowest BCUT2D eigenvalue weighted by atomic mass is 10.3. The van der Waals surface area contributed by atoms with Gasteiger partial charge >= 0.3 is 12.2 Å². The summed E-state index contributed by atoms with van der Waals surface area (Å²) in [5.74, 6) is 0.467. The first-order valence-electron chi connectivity index (χ1n) is 6.74. The molecule has 3 N–H and O–H groups in total. The van der Waals surface area contributed by atoms with Crippen LogP contribution in [-0.2, 0) is 4.74 Å². The Hall–Kier alpha value is -2.28. The van der Waals surface area contributed by atoms with Gasteiger partial charge in [-0.3, -0.25) is 0 Å². The van der Waals surface area contributed by atoms with Crippen LogP contribution in [0.4, 0.5) is 9.59 Å². The van der Waals surface area contributed by atoms with Crippen molar-refractivity contribution in [3.8, 4) is 5.75 Å². The molecule has 0 aliphatic rings. The number of aliphatic hydroxyl groups is 1. The second-order valence-electron chi connectivity index (χ2n) is 4.12. The van der Waals surface area contributed by atoms with Crippen LogP contribution < -0.4 is 15.4 Å². The van der Waals surface area contributed by atoms with Gasteiger partial charge < -0.3 is 25.2 Å². The molecule has 1 aromatic rings. The highest BCUT2D eigenvalue weighted by molar-refractivity contribution is 5.70. The molecule has 0 saturated carbocycles. The van der Waals surface area contributed by atoms with E-state index >= 15 is 0 Å². The standard InChI is InChI=1S/C14H20N2O5/c17-10-4-8-15-13(18)20-11-5-9-16-14(19)21-12-6-2-1-3-7-12/h1-3,6-7,17H,4-5,8-11H2,(H,15,18)(H,16,19). The Kier molecular flexibility index (Phi) is 8.39. The van der Waals surface area contributed by atoms with Crippen molar-refractivity contribution in [2.75, 3.05) is 26.3 Å². The van der Waals surface area contributed by atoms with E-state index in [4.69, 9.17) is 14.6 Å². The van der Waals surface area contributed by atoms with Crippen LogP contribution in [0, 0.1) is 0 Å². The molecule has 0 atom stereocenters. The number of alkyl carbamates (subject to hydrolysis) is 1. The molecule has 1 rings (SSSR count). The number of para-hydroxylation sites is 1. The van der Waals surface area contributed by atoms with E-state index in [1.165, 1.54) is 0 Å². The van der Waals surface area contributed by atoms with Crippen molar-refractivity contribution in [3.05, 3.63) is 30.3 Å². The van der Waals surface area contributed by atoms with Gasteiger partial charge in [-0.25, -0.2) is 9.59 Å². The average Bonchev–Trinajstić information content (AvgIpc) is 2.48. The number of ether oxygens (including phenoxy) is 2. The van der Waals surface area contributed by atoms with E-state index in [2.05, 4.69) is 10.6 Å². The molecular weight excluding hydrogens is 276 g/mol. The van der Waals surface area contributed by atoms with Gasteiger partial charge in [-0.2, -0.15) is 0 Å². The fraction of sp³-hybridized carbons (Fsp3) is 0.429. The van der Waals surface area contributed by atoms with E-state index in [0.29, 0.717) is 31.7 Å². The van der Waals surface area contributed by atoms with Crippen LogP contribution in [0.25, 0.3) is 0 Å². The summed E-state index contributed by atoms with van der Waals surface area (Å²) in [7, 11) is 0. The molecular formula is C14H20N2O5. The summed E-state index contributed by atoms with van der Waals surface area (Å²) in [4.78, 5) is 22.5. The Morgan fingerprint density at radius 2 is 1.67 bits per heavy atom. The number of rotatable bonds is 8. The number of nitrogens with one attached hydrogen (secondary N) is 2. The van der Waals surface area contributed by atoms with Crippen LogP contribution in [0.15, 0.2) is 30.3 Å². The lowest BCUT2D eigenvalue weighted by Crippen LogP contribution is -2.30. The summed E-state index contributed by atoms with van der Waals surface area (Å²) in [5.41, 5.74) is 0. The van der Waals surface area contributed by atoms with E-state index in [1.807, 2.05) is 6.07 Å². The minimum atomic E-state index is -0.548. The van der Waals surface area contributed by atoms with Crippen LogP contribution in [0.5, 0.6) is 5.75 Å². The van der Waals surface area contributed by atoms with Gasteiger partial charge in [-0.15, -0.1) is 0 Å². The zero-order valence-corrected chi connectivity index (χ0v) is 11.7. The van der Waals surface area contributed by atoms with Crippen LogP contribution in [0.2, 0.25) is 0 Å². The van der Waals surface area contributed by atoms with Gasteiger partial charge in [-0.1, -0.05) is 18.2 Å². The fourth-order valence-electron chi connectivity index (χ4n) is 1.38. The van der Waals surface area contributed by atoms with Gasteiger partial charge in [0.15, 0.2) is 0 Å². The van der Waals surface area contributed by atoms with Crippen molar-refractivity contribution in [1.29, 1.82) is 0 Å². The van der Waals surface area contributed by atoms with Crippen molar-refractivity contribution in [2.24, 2.45) is 0 Å². The maximum atomic E-state index is 11.4. The van der Waals surface area contributed by atoms with Crippen molar-refractivity contribution in [3.63, 3.8) is 0 Å². The zero-order valence-electron chi connectivity index (χ0n) is 11.7. The first-order chi connectivity index (χ1) is 10.2. The average molecular weight is 296 g/mol. The Bertz CT molecular complexity index is 425. The number of carbonyl (C=O) groups excluding carboxylic acids is 2. The van der Waals surface area contributed by atoms with Gasteiger partial charge in [0.2, 0.25) is 0 Å². The zero-order chi connectivity index (χ0) is 15.3. The molecule has 0 unspecified atom stereocenters. The smallest absolute Gasteiger partial charge is 0.412 e. The molecule has 7 nitrogen and oxygen atoms in total. The van der Waals surface area contributed by atoms with Crippen LogP contribution >= 0.6 is 0 Å². The van der Waals surface area contributed by atoms with Gasteiger partial charge in [0.1, 0.15) is 5.75 Å². The lowest BCUT2D eigenvalue weighted by molar-refractivity contribution is 0.143. The number of carbonyl (C=O) groups is 2. The predicted molar refractivity (Wildman–Crippen MR) is 76.1 cm³/mol. The maximum absolute atomic E-state index is 11.4. The Labute approximate surface area is 123 Å². The number of aliphatic hydroxyl groups excluding tert-OH is 1. The van der Waals surface area contributed by atoms with E-state index < -0.39 is 12.2 Å². The minimum absolute atomic E-state index is 0.0216. The predicted octanol–water partition coefficient (Wildman–Crippen LogP) is 1.27. The van der Waals surface area contributed by atoms with Crippen LogP contribution in [-0.4, -0.2) is 43.6 Å². The van der Waals surface area contributed by atoms with Crippen molar-refractivity contribution in [1.82, 2.24) is 10.6 Å². The molecule has 0 aliphatic carbocycles. The molecule has 0 radical (unpaired) electrons. The topological polar surface area (TPSA) is 96.9 Å². The normalized spacial score (nSPS) is 9.76. The Morgan fingerprint density at radius 3 is 2.38 bits per heavy atom. The number of hydrogen-bond donors (Lipinski definition) is 3. The highest BCUT2D eigenvalue weighted by atomic mass is 16.6. The molecule has 2 amide bonds. The third-order valence-electron chi connectivity index (χ3n) is 2.38. The van der Waals surface area contributed by atoms with E-state index in [0.717, 1.165) is 0 Å². The highest BCUT2D eigenvalue weighted by Gasteiger charge is 2.04. The first kappa shape index (κ1) is 16.8. The monoisotopic (exact) mass is 296 g/mol. The fourth-order valence-corrected chi connectivity index (χ4v) is 1.38. The SMILES string of the molecule is O=C(NCCCO)OCCCNC(=O)Oc1ccccc1. The number of hydrogen-bond acceptors (Lipinski definition) is 5. The van der Waals surface area contributed by atoms with Crippen molar-refractivity contribution < 1.29 is 24.2 Å². The molecule has 0 aromatic heterocycles. The second kappa shape index (κ2) is 10.5. The molecule has 116 valence electrons. The molecule has 0 bridgehead atoms. The van der Waals surface area contributed by atoms with E-state index in [9.17, 15) is 9.59 Å². The summed E-state index contributed by atoms with van der Waals surface area (Å²) < 4.78 is 9.88. The quantitative estimate of drug-likeness (QED) is 0.628. The molecule has 0 heterocycles. The van der Waals surface area contributed by atoms with Crippen LogP contribution in [0.1, 0.15) is 12.8 Å². The third kappa shape index (κ3) is 8.48. The van der Waals surface area contributed by atoms with Crippen LogP contribution in [0.3, 0.4) is 0 Å². The second-order valence-corrected chi connectivity index (χ2v) is 4.12. The molecule has 0 fully saturated rings. The summed E-state index contributed by atoms with van der Waals surface area (Å²) in [6.45, 7) is 0.927. The van der Waals surface area contributed by atoms with Gasteiger partial charge in [0.05, 0.1) is 6.61 Å². The largest absolute Gasteiger partial charge is 0.449 e. The van der Waals surface area contributed by atoms with Crippen molar-refractivity contribution in [2.45, 2.75) is 12.8 Å². The van der Waals surface area contributed by atoms with E-state index in [1.54, 1.807) is 24.3 Å². The van der Waals surface area contributed by atoms with Gasteiger partial charge in [0.25, 0.3) is 0 Å². The summed E-state index contributed by atoms with van der Waals surface area (Å²) >= 11 is 0. The lowest BCUT2D eigenvalue weighted by Gasteiger charge is -2.08. The summed E-state index contributed by atoms with van der Waals surface area (Å²) in [6.07, 6.45) is -0.108. The number of benzene rings is 1.